The van der Waals surface area contributed by atoms with Crippen molar-refractivity contribution in [3.05, 3.63) is 48.0 Å². The molecule has 2 aromatic rings. The first-order chi connectivity index (χ1) is 15.1. The summed E-state index contributed by atoms with van der Waals surface area (Å²) in [5.74, 6) is 2.16. The molecule has 1 fully saturated rings. The average molecular weight is 425 g/mol. The van der Waals surface area contributed by atoms with Crippen LogP contribution in [0.15, 0.2) is 47.6 Å². The number of oxime groups is 1. The Labute approximate surface area is 181 Å². The molecule has 1 amide bonds. The number of hydrogen-bond donors (Lipinski definition) is 0. The summed E-state index contributed by atoms with van der Waals surface area (Å²) in [5.41, 5.74) is 2.50. The van der Waals surface area contributed by atoms with Crippen molar-refractivity contribution in [2.45, 2.75) is 12.5 Å². The van der Waals surface area contributed by atoms with Gasteiger partial charge in [0.2, 0.25) is 6.10 Å². The Kier molecular flexibility index (Phi) is 6.16. The highest BCUT2D eigenvalue weighted by molar-refractivity contribution is 6.06. The van der Waals surface area contributed by atoms with Crippen molar-refractivity contribution in [3.8, 4) is 17.2 Å². The Morgan fingerprint density at radius 2 is 1.71 bits per heavy atom. The molecule has 0 N–H and O–H groups in total. The predicted molar refractivity (Wildman–Crippen MR) is 117 cm³/mol. The van der Waals surface area contributed by atoms with E-state index in [-0.39, 0.29) is 5.91 Å². The number of amides is 1. The molecule has 2 aliphatic rings. The minimum Gasteiger partial charge on any atom is -0.497 e. The second kappa shape index (κ2) is 9.16. The Morgan fingerprint density at radius 1 is 0.968 bits per heavy atom. The largest absolute Gasteiger partial charge is 0.497 e. The van der Waals surface area contributed by atoms with Crippen LogP contribution in [0.5, 0.6) is 17.2 Å². The smallest absolute Gasteiger partial charge is 0.267 e. The van der Waals surface area contributed by atoms with Crippen molar-refractivity contribution in [3.63, 3.8) is 0 Å². The summed E-state index contributed by atoms with van der Waals surface area (Å²) in [4.78, 5) is 22.7. The Balaban J connectivity index is 1.38. The second-order valence-corrected chi connectivity index (χ2v) is 7.39. The van der Waals surface area contributed by atoms with Crippen LogP contribution in [0.4, 0.5) is 5.69 Å². The molecule has 0 aromatic heterocycles. The third kappa shape index (κ3) is 4.23. The number of methoxy groups -OCH3 is 3. The fourth-order valence-corrected chi connectivity index (χ4v) is 3.97. The molecule has 0 aliphatic carbocycles. The van der Waals surface area contributed by atoms with Crippen LogP contribution in [-0.2, 0) is 9.63 Å². The molecule has 0 bridgehead atoms. The van der Waals surface area contributed by atoms with E-state index < -0.39 is 6.10 Å². The molecule has 164 valence electrons. The summed E-state index contributed by atoms with van der Waals surface area (Å²) in [5, 5.41) is 4.18. The number of para-hydroxylation sites is 2. The van der Waals surface area contributed by atoms with Gasteiger partial charge >= 0.3 is 0 Å². The Hall–Kier alpha value is -3.42. The zero-order valence-electron chi connectivity index (χ0n) is 18.0. The fraction of sp³-hybridized carbons (Fsp3) is 0.391. The lowest BCUT2D eigenvalue weighted by Gasteiger charge is -2.37. The number of carbonyl (C=O) groups is 1. The molecule has 2 aromatic carbocycles. The number of carbonyl (C=O) groups excluding carboxylic acids is 1. The van der Waals surface area contributed by atoms with E-state index >= 15 is 0 Å². The summed E-state index contributed by atoms with van der Waals surface area (Å²) < 4.78 is 16.2. The summed E-state index contributed by atoms with van der Waals surface area (Å²) >= 11 is 0. The molecule has 2 aliphatic heterocycles. The standard InChI is InChI=1S/C23H27N3O5/c1-28-16-8-9-20(29-2)17(14-16)18-15-22(31-24-18)23(27)26-12-10-25(11-13-26)19-6-4-5-7-21(19)30-3/h4-9,14,22H,10-13,15H2,1-3H3/t22-/m0/s1. The minimum atomic E-state index is -0.622. The molecule has 0 spiro atoms. The predicted octanol–water partition coefficient (Wildman–Crippen LogP) is 2.55. The van der Waals surface area contributed by atoms with E-state index in [1.165, 1.54) is 0 Å². The molecule has 31 heavy (non-hydrogen) atoms. The Bertz CT molecular complexity index is 969. The molecule has 4 rings (SSSR count). The molecule has 0 radical (unpaired) electrons. The number of anilines is 1. The summed E-state index contributed by atoms with van der Waals surface area (Å²) in [6.07, 6.45) is -0.224. The van der Waals surface area contributed by atoms with Gasteiger partial charge in [0.1, 0.15) is 17.2 Å². The van der Waals surface area contributed by atoms with Crippen LogP contribution < -0.4 is 19.1 Å². The number of nitrogens with zero attached hydrogens (tertiary/aromatic N) is 3. The maximum atomic E-state index is 13.0. The highest BCUT2D eigenvalue weighted by Crippen LogP contribution is 2.30. The van der Waals surface area contributed by atoms with Crippen LogP contribution in [-0.4, -0.2) is 70.1 Å². The Morgan fingerprint density at radius 3 is 2.42 bits per heavy atom. The molecule has 0 unspecified atom stereocenters. The first-order valence-corrected chi connectivity index (χ1v) is 10.3. The number of ether oxygens (including phenoxy) is 3. The van der Waals surface area contributed by atoms with Crippen molar-refractivity contribution in [2.75, 3.05) is 52.4 Å². The van der Waals surface area contributed by atoms with E-state index in [1.54, 1.807) is 21.3 Å². The van der Waals surface area contributed by atoms with Gasteiger partial charge in [-0.1, -0.05) is 17.3 Å². The van der Waals surface area contributed by atoms with Gasteiger partial charge in [0.15, 0.2) is 0 Å². The maximum absolute atomic E-state index is 13.0. The lowest BCUT2D eigenvalue weighted by molar-refractivity contribution is -0.142. The van der Waals surface area contributed by atoms with Gasteiger partial charge in [-0.2, -0.15) is 0 Å². The number of rotatable bonds is 6. The average Bonchev–Trinajstić information content (AvgIpc) is 3.33. The summed E-state index contributed by atoms with van der Waals surface area (Å²) in [6.45, 7) is 2.70. The van der Waals surface area contributed by atoms with Crippen LogP contribution in [0, 0.1) is 0 Å². The van der Waals surface area contributed by atoms with Crippen molar-refractivity contribution in [1.82, 2.24) is 4.90 Å². The highest BCUT2D eigenvalue weighted by Gasteiger charge is 2.35. The van der Waals surface area contributed by atoms with Gasteiger partial charge in [-0.15, -0.1) is 0 Å². The first-order valence-electron chi connectivity index (χ1n) is 10.3. The first kappa shape index (κ1) is 20.8. The van der Waals surface area contributed by atoms with E-state index in [9.17, 15) is 4.79 Å². The second-order valence-electron chi connectivity index (χ2n) is 7.39. The SMILES string of the molecule is COc1ccc(OC)c(C2=NO[C@H](C(=O)N3CCN(c4ccccc4OC)CC3)C2)c1. The van der Waals surface area contributed by atoms with Gasteiger partial charge in [0, 0.05) is 38.2 Å². The third-order valence-electron chi connectivity index (χ3n) is 5.68. The van der Waals surface area contributed by atoms with E-state index in [1.807, 2.05) is 47.4 Å². The lowest BCUT2D eigenvalue weighted by atomic mass is 10.0. The van der Waals surface area contributed by atoms with E-state index in [4.69, 9.17) is 19.0 Å². The molecule has 8 nitrogen and oxygen atoms in total. The van der Waals surface area contributed by atoms with Crippen LogP contribution >= 0.6 is 0 Å². The molecular weight excluding hydrogens is 398 g/mol. The molecule has 2 heterocycles. The third-order valence-corrected chi connectivity index (χ3v) is 5.68. The minimum absolute atomic E-state index is 0.0414. The zero-order chi connectivity index (χ0) is 21.8. The number of piperazine rings is 1. The van der Waals surface area contributed by atoms with E-state index in [0.717, 1.165) is 30.1 Å². The van der Waals surface area contributed by atoms with Crippen molar-refractivity contribution >= 4 is 17.3 Å². The van der Waals surface area contributed by atoms with Crippen LogP contribution in [0.25, 0.3) is 0 Å². The van der Waals surface area contributed by atoms with Crippen LogP contribution in [0.2, 0.25) is 0 Å². The van der Waals surface area contributed by atoms with Gasteiger partial charge in [-0.25, -0.2) is 0 Å². The quantitative estimate of drug-likeness (QED) is 0.708. The molecular formula is C23H27N3O5. The van der Waals surface area contributed by atoms with E-state index in [0.29, 0.717) is 36.7 Å². The van der Waals surface area contributed by atoms with Crippen molar-refractivity contribution < 1.29 is 23.8 Å². The van der Waals surface area contributed by atoms with Gasteiger partial charge < -0.3 is 28.8 Å². The molecule has 1 saturated heterocycles. The monoisotopic (exact) mass is 425 g/mol. The number of benzene rings is 2. The highest BCUT2D eigenvalue weighted by atomic mass is 16.6. The van der Waals surface area contributed by atoms with Gasteiger partial charge in [-0.05, 0) is 30.3 Å². The van der Waals surface area contributed by atoms with E-state index in [2.05, 4.69) is 10.1 Å². The van der Waals surface area contributed by atoms with Gasteiger partial charge in [-0.3, -0.25) is 4.79 Å². The van der Waals surface area contributed by atoms with Crippen molar-refractivity contribution in [1.29, 1.82) is 0 Å². The van der Waals surface area contributed by atoms with Gasteiger partial charge in [0.05, 0.1) is 32.7 Å². The molecule has 0 saturated carbocycles. The van der Waals surface area contributed by atoms with Gasteiger partial charge in [0.25, 0.3) is 5.91 Å². The normalized spacial score (nSPS) is 18.3. The molecule has 8 heteroatoms. The summed E-state index contributed by atoms with van der Waals surface area (Å²) in [6, 6.07) is 13.4. The zero-order valence-corrected chi connectivity index (χ0v) is 18.0. The van der Waals surface area contributed by atoms with Crippen LogP contribution in [0.3, 0.4) is 0 Å². The topological polar surface area (TPSA) is 72.8 Å². The van der Waals surface area contributed by atoms with Crippen molar-refractivity contribution in [2.24, 2.45) is 5.16 Å². The fourth-order valence-electron chi connectivity index (χ4n) is 3.97. The lowest BCUT2D eigenvalue weighted by Crippen LogP contribution is -2.51. The maximum Gasteiger partial charge on any atom is 0.267 e. The number of hydrogen-bond acceptors (Lipinski definition) is 7. The summed E-state index contributed by atoms with van der Waals surface area (Å²) in [7, 11) is 4.88. The van der Waals surface area contributed by atoms with Crippen LogP contribution in [0.1, 0.15) is 12.0 Å². The molecule has 1 atom stereocenters.